The number of H-pyrrole nitrogens is 2. The minimum Gasteiger partial charge on any atom is -0.457 e. The smallest absolute Gasteiger partial charge is 0.416 e. The van der Waals surface area contributed by atoms with E-state index in [1.807, 2.05) is 37.3 Å². The third-order valence-electron chi connectivity index (χ3n) is 6.14. The number of ether oxygens (including phenoxy) is 1. The lowest BCUT2D eigenvalue weighted by atomic mass is 10.1. The zero-order valence-electron chi connectivity index (χ0n) is 20.8. The van der Waals surface area contributed by atoms with E-state index in [0.717, 1.165) is 29.1 Å². The van der Waals surface area contributed by atoms with E-state index in [4.69, 9.17) is 21.3 Å². The SMILES string of the molecule is Cc1[nH]c(-c2cc(Oc3ccc4nc(Nc5cc(C(F)(F)F)ccc5Cl)[nH]c4c3)ccn2)nc1-c1ccccc1. The minimum atomic E-state index is -4.49. The number of rotatable bonds is 6. The molecule has 3 aromatic carbocycles. The van der Waals surface area contributed by atoms with Gasteiger partial charge < -0.3 is 20.0 Å². The number of hydrogen-bond acceptors (Lipinski definition) is 5. The van der Waals surface area contributed by atoms with Crippen LogP contribution in [0.4, 0.5) is 24.8 Å². The van der Waals surface area contributed by atoms with Crippen LogP contribution in [0.2, 0.25) is 5.02 Å². The molecule has 0 aliphatic carbocycles. The Hall–Kier alpha value is -4.83. The van der Waals surface area contributed by atoms with Crippen molar-refractivity contribution in [3.8, 4) is 34.3 Å². The Morgan fingerprint density at radius 1 is 0.875 bits per heavy atom. The van der Waals surface area contributed by atoms with Gasteiger partial charge in [0.25, 0.3) is 0 Å². The lowest BCUT2D eigenvalue weighted by molar-refractivity contribution is -0.137. The molecule has 0 atom stereocenters. The van der Waals surface area contributed by atoms with Gasteiger partial charge in [-0.15, -0.1) is 0 Å². The Morgan fingerprint density at radius 2 is 1.68 bits per heavy atom. The van der Waals surface area contributed by atoms with Crippen LogP contribution >= 0.6 is 11.6 Å². The number of aromatic amines is 2. The first kappa shape index (κ1) is 25.4. The molecule has 200 valence electrons. The molecular formula is C29H20ClF3N6O. The van der Waals surface area contributed by atoms with Gasteiger partial charge in [0, 0.05) is 29.6 Å². The van der Waals surface area contributed by atoms with Crippen LogP contribution in [0, 0.1) is 6.92 Å². The maximum Gasteiger partial charge on any atom is 0.416 e. The molecule has 40 heavy (non-hydrogen) atoms. The maximum absolute atomic E-state index is 13.1. The highest BCUT2D eigenvalue weighted by Gasteiger charge is 2.31. The highest BCUT2D eigenvalue weighted by Crippen LogP contribution is 2.35. The van der Waals surface area contributed by atoms with Crippen LogP contribution in [0.1, 0.15) is 11.3 Å². The van der Waals surface area contributed by atoms with Gasteiger partial charge in [-0.2, -0.15) is 13.2 Å². The van der Waals surface area contributed by atoms with E-state index in [0.29, 0.717) is 34.1 Å². The Labute approximate surface area is 231 Å². The van der Waals surface area contributed by atoms with Gasteiger partial charge in [-0.05, 0) is 43.3 Å². The number of hydrogen-bond donors (Lipinski definition) is 3. The number of pyridine rings is 1. The number of aromatic nitrogens is 5. The molecule has 0 fully saturated rings. The lowest BCUT2D eigenvalue weighted by Gasteiger charge is -2.10. The molecule has 7 nitrogen and oxygen atoms in total. The van der Waals surface area contributed by atoms with Gasteiger partial charge in [-0.1, -0.05) is 41.9 Å². The van der Waals surface area contributed by atoms with Gasteiger partial charge in [-0.25, -0.2) is 9.97 Å². The van der Waals surface area contributed by atoms with E-state index < -0.39 is 11.7 Å². The van der Waals surface area contributed by atoms with E-state index in [1.54, 1.807) is 36.5 Å². The van der Waals surface area contributed by atoms with Crippen LogP contribution in [0.15, 0.2) is 85.1 Å². The van der Waals surface area contributed by atoms with Crippen LogP contribution in [-0.4, -0.2) is 24.9 Å². The average Bonchev–Trinajstić information content (AvgIpc) is 3.52. The predicted octanol–water partition coefficient (Wildman–Crippen LogP) is 8.53. The second kappa shape index (κ2) is 10.0. The van der Waals surface area contributed by atoms with Crippen molar-refractivity contribution < 1.29 is 17.9 Å². The summed E-state index contributed by atoms with van der Waals surface area (Å²) in [6.07, 6.45) is -2.85. The molecule has 0 unspecified atom stereocenters. The Morgan fingerprint density at radius 3 is 2.48 bits per heavy atom. The summed E-state index contributed by atoms with van der Waals surface area (Å²) in [4.78, 5) is 19.9. The summed E-state index contributed by atoms with van der Waals surface area (Å²) in [5.41, 5.74) is 3.88. The maximum atomic E-state index is 13.1. The summed E-state index contributed by atoms with van der Waals surface area (Å²) in [6, 6.07) is 21.7. The number of imidazole rings is 2. The predicted molar refractivity (Wildman–Crippen MR) is 148 cm³/mol. The Bertz CT molecular complexity index is 1830. The molecule has 11 heteroatoms. The number of alkyl halides is 3. The third-order valence-corrected chi connectivity index (χ3v) is 6.47. The van der Waals surface area contributed by atoms with Gasteiger partial charge in [0.15, 0.2) is 5.82 Å². The molecule has 0 saturated heterocycles. The zero-order chi connectivity index (χ0) is 27.9. The monoisotopic (exact) mass is 560 g/mol. The summed E-state index contributed by atoms with van der Waals surface area (Å²) in [6.45, 7) is 1.96. The number of benzene rings is 3. The van der Waals surface area contributed by atoms with Crippen molar-refractivity contribution in [3.05, 3.63) is 101 Å². The minimum absolute atomic E-state index is 0.0833. The number of nitrogens with one attached hydrogen (secondary N) is 3. The normalized spacial score (nSPS) is 11.6. The van der Waals surface area contributed by atoms with E-state index in [2.05, 4.69) is 25.3 Å². The molecule has 3 aromatic heterocycles. The number of anilines is 2. The number of nitrogens with zero attached hydrogens (tertiary/aromatic N) is 3. The summed E-state index contributed by atoms with van der Waals surface area (Å²) < 4.78 is 45.4. The summed E-state index contributed by atoms with van der Waals surface area (Å²) in [5.74, 6) is 1.93. The van der Waals surface area contributed by atoms with E-state index in [1.165, 1.54) is 6.07 Å². The Kier molecular flexibility index (Phi) is 6.39. The molecule has 0 radical (unpaired) electrons. The van der Waals surface area contributed by atoms with E-state index in [-0.39, 0.29) is 16.7 Å². The number of halogens is 4. The highest BCUT2D eigenvalue weighted by molar-refractivity contribution is 6.33. The second-order valence-electron chi connectivity index (χ2n) is 8.99. The van der Waals surface area contributed by atoms with Crippen molar-refractivity contribution in [2.24, 2.45) is 0 Å². The van der Waals surface area contributed by atoms with E-state index >= 15 is 0 Å². The van der Waals surface area contributed by atoms with Crippen LogP contribution in [0.5, 0.6) is 11.5 Å². The lowest BCUT2D eigenvalue weighted by Crippen LogP contribution is -2.05. The van der Waals surface area contributed by atoms with E-state index in [9.17, 15) is 13.2 Å². The molecule has 3 N–H and O–H groups in total. The standard InChI is InChI=1S/C29H20ClF3N6O/c1-16-26(17-5-3-2-4-6-17)39-27(35-16)25-15-20(11-12-34-25)40-19-8-10-22-24(14-19)38-28(36-22)37-23-13-18(29(31,32)33)7-9-21(23)30/h2-15H,1H3,(H,35,39)(H2,36,37,38). The number of fused-ring (bicyclic) bond motifs is 1. The zero-order valence-corrected chi connectivity index (χ0v) is 21.6. The average molecular weight is 561 g/mol. The van der Waals surface area contributed by atoms with Crippen LogP contribution in [0.25, 0.3) is 33.8 Å². The van der Waals surface area contributed by atoms with Gasteiger partial charge in [0.1, 0.15) is 17.2 Å². The molecule has 6 aromatic rings. The van der Waals surface area contributed by atoms with Crippen molar-refractivity contribution in [2.45, 2.75) is 13.1 Å². The van der Waals surface area contributed by atoms with Crippen molar-refractivity contribution in [1.29, 1.82) is 0 Å². The van der Waals surface area contributed by atoms with Gasteiger partial charge in [0.2, 0.25) is 5.95 Å². The first-order valence-corrected chi connectivity index (χ1v) is 12.5. The topological polar surface area (TPSA) is 91.5 Å². The fourth-order valence-corrected chi connectivity index (χ4v) is 4.40. The summed E-state index contributed by atoms with van der Waals surface area (Å²) >= 11 is 6.11. The Balaban J connectivity index is 1.22. The molecule has 6 rings (SSSR count). The molecule has 0 spiro atoms. The van der Waals surface area contributed by atoms with Gasteiger partial charge >= 0.3 is 6.18 Å². The highest BCUT2D eigenvalue weighted by atomic mass is 35.5. The second-order valence-corrected chi connectivity index (χ2v) is 9.39. The fourth-order valence-electron chi connectivity index (χ4n) is 4.24. The van der Waals surface area contributed by atoms with Crippen LogP contribution in [-0.2, 0) is 6.18 Å². The molecular weight excluding hydrogens is 541 g/mol. The largest absolute Gasteiger partial charge is 0.457 e. The fraction of sp³-hybridized carbons (Fsp3) is 0.0690. The first-order chi connectivity index (χ1) is 19.2. The molecule has 0 saturated carbocycles. The third kappa shape index (κ3) is 5.21. The van der Waals surface area contributed by atoms with Crippen LogP contribution < -0.4 is 10.1 Å². The molecule has 3 heterocycles. The van der Waals surface area contributed by atoms with Crippen molar-refractivity contribution >= 4 is 34.3 Å². The molecule has 0 bridgehead atoms. The number of aryl methyl sites for hydroxylation is 1. The van der Waals surface area contributed by atoms with Crippen molar-refractivity contribution in [2.75, 3.05) is 5.32 Å². The van der Waals surface area contributed by atoms with Gasteiger partial charge in [0.05, 0.1) is 33.0 Å². The molecule has 0 aliphatic heterocycles. The first-order valence-electron chi connectivity index (χ1n) is 12.1. The van der Waals surface area contributed by atoms with Crippen LogP contribution in [0.3, 0.4) is 0 Å². The van der Waals surface area contributed by atoms with Crippen molar-refractivity contribution in [1.82, 2.24) is 24.9 Å². The summed E-state index contributed by atoms with van der Waals surface area (Å²) in [5, 5.41) is 2.96. The van der Waals surface area contributed by atoms with Gasteiger partial charge in [-0.3, -0.25) is 4.98 Å². The quantitative estimate of drug-likeness (QED) is 0.190. The molecule has 0 aliphatic rings. The van der Waals surface area contributed by atoms with Crippen molar-refractivity contribution in [3.63, 3.8) is 0 Å². The summed E-state index contributed by atoms with van der Waals surface area (Å²) in [7, 11) is 0. The molecule has 0 amide bonds.